The first kappa shape index (κ1) is 17.7. The molecule has 1 saturated carbocycles. The Hall–Kier alpha value is -1.60. The second kappa shape index (κ2) is 7.79. The molecule has 0 heterocycles. The van der Waals surface area contributed by atoms with Crippen LogP contribution in [0.25, 0.3) is 0 Å². The lowest BCUT2D eigenvalue weighted by Gasteiger charge is -2.21. The van der Waals surface area contributed by atoms with E-state index in [1.165, 1.54) is 51.2 Å². The molecule has 6 nitrogen and oxygen atoms in total. The maximum atomic E-state index is 12.0. The summed E-state index contributed by atoms with van der Waals surface area (Å²) >= 11 is 0. The molecule has 2 rings (SSSR count). The van der Waals surface area contributed by atoms with E-state index in [2.05, 4.69) is 4.72 Å². The van der Waals surface area contributed by atoms with Crippen LogP contribution in [0.1, 0.15) is 39.0 Å². The van der Waals surface area contributed by atoms with E-state index in [1.807, 2.05) is 0 Å². The van der Waals surface area contributed by atoms with Gasteiger partial charge in [0.05, 0.1) is 11.5 Å². The Kier molecular flexibility index (Phi) is 6.01. The van der Waals surface area contributed by atoms with E-state index in [-0.39, 0.29) is 4.90 Å². The van der Waals surface area contributed by atoms with Gasteiger partial charge >= 0.3 is 5.97 Å². The number of carboxylic acids is 1. The number of nitrogens with one attached hydrogen (secondary N) is 1. The average molecular weight is 341 g/mol. The summed E-state index contributed by atoms with van der Waals surface area (Å²) in [5.74, 6) is -0.0212. The molecule has 0 saturated heterocycles. The molecule has 0 radical (unpaired) electrons. The fourth-order valence-electron chi connectivity index (χ4n) is 2.63. The number of carboxylic acid groups (broad SMARTS) is 1. The summed E-state index contributed by atoms with van der Waals surface area (Å²) in [5.41, 5.74) is 0. The van der Waals surface area contributed by atoms with E-state index in [9.17, 15) is 13.2 Å². The highest BCUT2D eigenvalue weighted by molar-refractivity contribution is 7.89. The highest BCUT2D eigenvalue weighted by Crippen LogP contribution is 2.25. The fraction of sp³-hybridized carbons (Fsp3) is 0.562. The van der Waals surface area contributed by atoms with Crippen LogP contribution < -0.4 is 9.46 Å². The Balaban J connectivity index is 1.94. The summed E-state index contributed by atoms with van der Waals surface area (Å²) in [6.45, 7) is 1.93. The van der Waals surface area contributed by atoms with E-state index < -0.39 is 22.0 Å². The first-order valence-electron chi connectivity index (χ1n) is 7.86. The summed E-state index contributed by atoms with van der Waals surface area (Å²) < 4.78 is 31.9. The molecule has 7 heteroatoms. The number of aliphatic carboxylic acids is 1. The van der Waals surface area contributed by atoms with Crippen LogP contribution in [0.5, 0.6) is 5.75 Å². The lowest BCUT2D eigenvalue weighted by Crippen LogP contribution is -2.38. The molecule has 1 unspecified atom stereocenters. The van der Waals surface area contributed by atoms with Crippen LogP contribution in [0.2, 0.25) is 0 Å². The first-order valence-corrected chi connectivity index (χ1v) is 9.35. The van der Waals surface area contributed by atoms with Gasteiger partial charge in [-0.3, -0.25) is 4.79 Å². The van der Waals surface area contributed by atoms with Gasteiger partial charge in [0, 0.05) is 0 Å². The van der Waals surface area contributed by atoms with Crippen molar-refractivity contribution in [3.63, 3.8) is 0 Å². The zero-order valence-corrected chi connectivity index (χ0v) is 14.0. The van der Waals surface area contributed by atoms with E-state index in [0.29, 0.717) is 18.3 Å². The second-order valence-corrected chi connectivity index (χ2v) is 7.68. The number of ether oxygens (including phenoxy) is 1. The lowest BCUT2D eigenvalue weighted by atomic mass is 9.90. The summed E-state index contributed by atoms with van der Waals surface area (Å²) in [5, 5.41) is 8.78. The highest BCUT2D eigenvalue weighted by Gasteiger charge is 2.21. The van der Waals surface area contributed by atoms with Crippen molar-refractivity contribution in [3.8, 4) is 5.75 Å². The van der Waals surface area contributed by atoms with Gasteiger partial charge in [0.2, 0.25) is 10.0 Å². The van der Waals surface area contributed by atoms with E-state index >= 15 is 0 Å². The molecule has 128 valence electrons. The van der Waals surface area contributed by atoms with Gasteiger partial charge in [-0.1, -0.05) is 19.3 Å². The van der Waals surface area contributed by atoms with Gasteiger partial charge in [0.15, 0.2) is 0 Å². The molecule has 23 heavy (non-hydrogen) atoms. The maximum Gasteiger partial charge on any atom is 0.321 e. The van der Waals surface area contributed by atoms with Gasteiger partial charge in [-0.05, 0) is 49.9 Å². The van der Waals surface area contributed by atoms with Crippen molar-refractivity contribution in [2.75, 3.05) is 6.61 Å². The van der Waals surface area contributed by atoms with Crippen LogP contribution >= 0.6 is 0 Å². The minimum absolute atomic E-state index is 0.0237. The minimum Gasteiger partial charge on any atom is -0.493 e. The third-order valence-corrected chi connectivity index (χ3v) is 5.60. The largest absolute Gasteiger partial charge is 0.493 e. The molecule has 1 fully saturated rings. The molecule has 1 aliphatic carbocycles. The molecule has 1 aliphatic rings. The normalized spacial score (nSPS) is 17.6. The zero-order valence-electron chi connectivity index (χ0n) is 13.2. The molecule has 1 aromatic rings. The maximum absolute atomic E-state index is 12.0. The Morgan fingerprint density at radius 2 is 1.87 bits per heavy atom. The van der Waals surface area contributed by atoms with Gasteiger partial charge in [0.1, 0.15) is 11.8 Å². The van der Waals surface area contributed by atoms with Gasteiger partial charge in [-0.2, -0.15) is 4.72 Å². The number of carbonyl (C=O) groups is 1. The van der Waals surface area contributed by atoms with Crippen LogP contribution in [0.15, 0.2) is 29.2 Å². The van der Waals surface area contributed by atoms with Crippen molar-refractivity contribution in [1.29, 1.82) is 0 Å². The molecule has 0 aromatic heterocycles. The van der Waals surface area contributed by atoms with Gasteiger partial charge in [0.25, 0.3) is 0 Å². The van der Waals surface area contributed by atoms with E-state index in [4.69, 9.17) is 9.84 Å². The van der Waals surface area contributed by atoms with Crippen LogP contribution in [-0.2, 0) is 14.8 Å². The molecule has 0 aliphatic heterocycles. The van der Waals surface area contributed by atoms with Crippen molar-refractivity contribution in [3.05, 3.63) is 24.3 Å². The van der Waals surface area contributed by atoms with Gasteiger partial charge < -0.3 is 9.84 Å². The Morgan fingerprint density at radius 3 is 2.43 bits per heavy atom. The topological polar surface area (TPSA) is 92.7 Å². The molecule has 1 atom stereocenters. The second-order valence-electron chi connectivity index (χ2n) is 5.97. The summed E-state index contributed by atoms with van der Waals surface area (Å²) in [7, 11) is -3.84. The molecule has 0 bridgehead atoms. The molecule has 2 N–H and O–H groups in total. The Labute approximate surface area is 136 Å². The number of rotatable bonds is 7. The quantitative estimate of drug-likeness (QED) is 0.794. The molecule has 0 spiro atoms. The molecule has 1 aromatic carbocycles. The number of hydrogen-bond acceptors (Lipinski definition) is 4. The minimum atomic E-state index is -3.84. The SMILES string of the molecule is CC(NS(=O)(=O)c1ccc(OCC2CCCCC2)cc1)C(=O)O. The van der Waals surface area contributed by atoms with Crippen LogP contribution in [0.4, 0.5) is 0 Å². The predicted molar refractivity (Wildman–Crippen MR) is 85.9 cm³/mol. The zero-order chi connectivity index (χ0) is 16.9. The number of benzene rings is 1. The summed E-state index contributed by atoms with van der Waals surface area (Å²) in [6, 6.07) is 4.87. The average Bonchev–Trinajstić information content (AvgIpc) is 2.54. The van der Waals surface area contributed by atoms with Crippen molar-refractivity contribution < 1.29 is 23.1 Å². The first-order chi connectivity index (χ1) is 10.9. The number of sulfonamides is 1. The van der Waals surface area contributed by atoms with Gasteiger partial charge in [-0.25, -0.2) is 8.42 Å². The van der Waals surface area contributed by atoms with Crippen molar-refractivity contribution in [2.45, 2.75) is 50.0 Å². The van der Waals surface area contributed by atoms with Crippen molar-refractivity contribution in [1.82, 2.24) is 4.72 Å². The third kappa shape index (κ3) is 5.21. The van der Waals surface area contributed by atoms with Gasteiger partial charge in [-0.15, -0.1) is 0 Å². The smallest absolute Gasteiger partial charge is 0.321 e. The highest BCUT2D eigenvalue weighted by atomic mass is 32.2. The number of hydrogen-bond donors (Lipinski definition) is 2. The van der Waals surface area contributed by atoms with Crippen molar-refractivity contribution in [2.24, 2.45) is 5.92 Å². The lowest BCUT2D eigenvalue weighted by molar-refractivity contribution is -0.138. The Morgan fingerprint density at radius 1 is 1.26 bits per heavy atom. The monoisotopic (exact) mass is 341 g/mol. The standard InChI is InChI=1S/C16H23NO5S/c1-12(16(18)19)17-23(20,21)15-9-7-14(8-10-15)22-11-13-5-3-2-4-6-13/h7-10,12-13,17H,2-6,11H2,1H3,(H,18,19). The van der Waals surface area contributed by atoms with Crippen molar-refractivity contribution >= 4 is 16.0 Å². The van der Waals surface area contributed by atoms with E-state index in [1.54, 1.807) is 12.1 Å². The van der Waals surface area contributed by atoms with E-state index in [0.717, 1.165) is 0 Å². The molecule has 0 amide bonds. The summed E-state index contributed by atoms with van der Waals surface area (Å²) in [4.78, 5) is 10.8. The van der Waals surface area contributed by atoms with Crippen LogP contribution in [0.3, 0.4) is 0 Å². The predicted octanol–water partition coefficient (Wildman–Crippen LogP) is 2.40. The third-order valence-electron chi connectivity index (χ3n) is 4.05. The molecular formula is C16H23NO5S. The van der Waals surface area contributed by atoms with Crippen LogP contribution in [0, 0.1) is 5.92 Å². The summed E-state index contributed by atoms with van der Waals surface area (Å²) in [6.07, 6.45) is 6.16. The van der Waals surface area contributed by atoms with Crippen LogP contribution in [-0.4, -0.2) is 32.1 Å². The Bertz CT molecular complexity index is 620. The fourth-order valence-corrected chi connectivity index (χ4v) is 3.83. The molecular weight excluding hydrogens is 318 g/mol.